The Balaban J connectivity index is 1.70. The van der Waals surface area contributed by atoms with Gasteiger partial charge in [-0.25, -0.2) is 0 Å². The first-order chi connectivity index (χ1) is 16.7. The van der Waals surface area contributed by atoms with Gasteiger partial charge in [0.05, 0.1) is 6.10 Å². The summed E-state index contributed by atoms with van der Waals surface area (Å²) in [6, 6.07) is 19.6. The van der Waals surface area contributed by atoms with E-state index < -0.39 is 21.2 Å². The van der Waals surface area contributed by atoms with Gasteiger partial charge in [-0.1, -0.05) is 94.1 Å². The van der Waals surface area contributed by atoms with Gasteiger partial charge in [0.25, 0.3) is 0 Å². The maximum Gasteiger partial charge on any atom is 0.192 e. The Morgan fingerprint density at radius 1 is 1.03 bits per heavy atom. The lowest BCUT2D eigenvalue weighted by Crippen LogP contribution is -2.51. The number of hydrogen-bond acceptors (Lipinski definition) is 4. The van der Waals surface area contributed by atoms with Crippen LogP contribution in [0.4, 0.5) is 0 Å². The predicted octanol–water partition coefficient (Wildman–Crippen LogP) is 6.80. The Kier molecular flexibility index (Phi) is 7.47. The predicted molar refractivity (Wildman–Crippen MR) is 152 cm³/mol. The van der Waals surface area contributed by atoms with Crippen molar-refractivity contribution < 1.29 is 18.5 Å². The number of hydrogen-bond donors (Lipinski definition) is 0. The molecule has 4 rings (SSSR count). The molecular formula is C30H41O4PSi. The second-order valence-electron chi connectivity index (χ2n) is 12.0. The summed E-state index contributed by atoms with van der Waals surface area (Å²) in [6.07, 6.45) is 2.61. The average Bonchev–Trinajstić information content (AvgIpc) is 3.16. The molecule has 1 saturated carbocycles. The minimum atomic E-state index is -2.88. The Morgan fingerprint density at radius 3 is 2.06 bits per heavy atom. The Morgan fingerprint density at radius 2 is 1.56 bits per heavy atom. The molecule has 0 spiro atoms. The first-order valence-corrected chi connectivity index (χ1v) is 17.7. The van der Waals surface area contributed by atoms with E-state index in [-0.39, 0.29) is 23.4 Å². The molecule has 2 fully saturated rings. The van der Waals surface area contributed by atoms with Gasteiger partial charge in [-0.3, -0.25) is 0 Å². The zero-order valence-corrected chi connectivity index (χ0v) is 24.7. The van der Waals surface area contributed by atoms with E-state index in [2.05, 4.69) is 46.5 Å². The fourth-order valence-electron chi connectivity index (χ4n) is 4.79. The maximum atomic E-state index is 14.6. The number of ether oxygens (including phenoxy) is 2. The van der Waals surface area contributed by atoms with Crippen LogP contribution < -0.4 is 10.6 Å². The zero-order valence-electron chi connectivity index (χ0n) is 22.8. The fourth-order valence-corrected chi connectivity index (χ4v) is 8.62. The molecule has 194 valence electrons. The second kappa shape index (κ2) is 9.85. The van der Waals surface area contributed by atoms with E-state index in [9.17, 15) is 4.57 Å². The molecule has 2 aliphatic rings. The second-order valence-corrected chi connectivity index (χ2v) is 19.6. The van der Waals surface area contributed by atoms with Crippen LogP contribution in [0, 0.1) is 0 Å². The molecule has 0 bridgehead atoms. The van der Waals surface area contributed by atoms with E-state index in [1.165, 1.54) is 0 Å². The minimum Gasteiger partial charge on any atom is -0.411 e. The standard InChI is InChI=1S/C30H41O4PSi/c1-22-23(19-20-35(31,24-15-11-9-12-16-24)25-17-13-10-14-18-25)21-26(34-36(7,8)29(2,3)4)28-27(22)32-30(5,6)33-28/h9-19,26-28H,1,20-21H2,2-8H3/b23-19+/t26-,27-,28-/m1/s1. The number of fused-ring (bicyclic) bond motifs is 1. The number of allylic oxidation sites excluding steroid dienone is 1. The van der Waals surface area contributed by atoms with Crippen molar-refractivity contribution in [2.75, 3.05) is 6.16 Å². The van der Waals surface area contributed by atoms with Gasteiger partial charge in [-0.15, -0.1) is 0 Å². The van der Waals surface area contributed by atoms with Crippen molar-refractivity contribution in [1.29, 1.82) is 0 Å². The third-order valence-electron chi connectivity index (χ3n) is 7.87. The van der Waals surface area contributed by atoms with E-state index in [0.717, 1.165) is 21.8 Å². The summed E-state index contributed by atoms with van der Waals surface area (Å²) in [5, 5.41) is 1.80. The lowest BCUT2D eigenvalue weighted by atomic mass is 9.84. The Bertz CT molecular complexity index is 1120. The van der Waals surface area contributed by atoms with Gasteiger partial charge >= 0.3 is 0 Å². The lowest BCUT2D eigenvalue weighted by molar-refractivity contribution is -0.151. The van der Waals surface area contributed by atoms with Crippen LogP contribution in [0.25, 0.3) is 0 Å². The summed E-state index contributed by atoms with van der Waals surface area (Å²) in [5.41, 5.74) is 1.97. The molecule has 2 aromatic carbocycles. The van der Waals surface area contributed by atoms with Gasteiger partial charge in [-0.05, 0) is 43.1 Å². The van der Waals surface area contributed by atoms with Gasteiger partial charge < -0.3 is 18.5 Å². The van der Waals surface area contributed by atoms with E-state index in [0.29, 0.717) is 12.6 Å². The van der Waals surface area contributed by atoms with Crippen molar-refractivity contribution >= 4 is 26.1 Å². The van der Waals surface area contributed by atoms with Crippen LogP contribution in [-0.4, -0.2) is 38.6 Å². The summed E-state index contributed by atoms with van der Waals surface area (Å²) in [6.45, 7) is 19.6. The minimum absolute atomic E-state index is 0.0755. The first kappa shape index (κ1) is 27.3. The SMILES string of the molecule is C=C1/C(=C/CP(=O)(c2ccccc2)c2ccccc2)C[C@@H](O[Si](C)(C)C(C)(C)C)[C@H]2OC(C)(C)O[C@H]12. The molecule has 0 radical (unpaired) electrons. The van der Waals surface area contributed by atoms with E-state index in [4.69, 9.17) is 13.9 Å². The summed E-state index contributed by atoms with van der Waals surface area (Å²) in [4.78, 5) is 0. The molecule has 36 heavy (non-hydrogen) atoms. The third kappa shape index (κ3) is 5.42. The summed E-state index contributed by atoms with van der Waals surface area (Å²) >= 11 is 0. The first-order valence-electron chi connectivity index (χ1n) is 12.9. The lowest BCUT2D eigenvalue weighted by Gasteiger charge is -2.43. The molecule has 1 aliphatic heterocycles. The summed E-state index contributed by atoms with van der Waals surface area (Å²) < 4.78 is 34.2. The number of rotatable bonds is 6. The molecule has 3 atom stereocenters. The topological polar surface area (TPSA) is 44.8 Å². The molecule has 1 aliphatic carbocycles. The molecule has 0 N–H and O–H groups in total. The highest BCUT2D eigenvalue weighted by molar-refractivity contribution is 7.78. The largest absolute Gasteiger partial charge is 0.411 e. The van der Waals surface area contributed by atoms with Gasteiger partial charge in [-0.2, -0.15) is 0 Å². The molecule has 0 amide bonds. The maximum absolute atomic E-state index is 14.6. The highest BCUT2D eigenvalue weighted by Crippen LogP contribution is 2.48. The molecule has 0 aromatic heterocycles. The van der Waals surface area contributed by atoms with Crippen LogP contribution >= 0.6 is 7.14 Å². The van der Waals surface area contributed by atoms with Gasteiger partial charge in [0.2, 0.25) is 0 Å². The summed E-state index contributed by atoms with van der Waals surface area (Å²) in [7, 11) is -4.94. The molecular weight excluding hydrogens is 483 g/mol. The molecule has 1 saturated heterocycles. The van der Waals surface area contributed by atoms with Crippen LogP contribution in [0.2, 0.25) is 18.1 Å². The zero-order chi connectivity index (χ0) is 26.4. The van der Waals surface area contributed by atoms with E-state index in [1.54, 1.807) is 0 Å². The summed E-state index contributed by atoms with van der Waals surface area (Å²) in [5.74, 6) is -0.702. The smallest absolute Gasteiger partial charge is 0.192 e. The molecule has 2 aromatic rings. The van der Waals surface area contributed by atoms with Crippen molar-refractivity contribution in [3.8, 4) is 0 Å². The highest BCUT2D eigenvalue weighted by Gasteiger charge is 2.52. The molecule has 1 heterocycles. The van der Waals surface area contributed by atoms with Crippen molar-refractivity contribution in [3.05, 3.63) is 84.5 Å². The van der Waals surface area contributed by atoms with Crippen molar-refractivity contribution in [2.45, 2.75) is 83.3 Å². The average molecular weight is 525 g/mol. The molecule has 4 nitrogen and oxygen atoms in total. The fraction of sp³-hybridized carbons (Fsp3) is 0.467. The third-order valence-corrected chi connectivity index (χ3v) is 15.3. The van der Waals surface area contributed by atoms with Crippen LogP contribution in [0.15, 0.2) is 84.5 Å². The normalized spacial score (nSPS) is 25.7. The van der Waals surface area contributed by atoms with Gasteiger partial charge in [0.1, 0.15) is 19.3 Å². The van der Waals surface area contributed by atoms with Crippen LogP contribution in [0.3, 0.4) is 0 Å². The number of benzene rings is 2. The van der Waals surface area contributed by atoms with Crippen molar-refractivity contribution in [3.63, 3.8) is 0 Å². The van der Waals surface area contributed by atoms with Crippen LogP contribution in [0.1, 0.15) is 41.0 Å². The quantitative estimate of drug-likeness (QED) is 0.308. The van der Waals surface area contributed by atoms with Crippen LogP contribution in [-0.2, 0) is 18.5 Å². The van der Waals surface area contributed by atoms with Crippen molar-refractivity contribution in [1.82, 2.24) is 0 Å². The Labute approximate surface area is 218 Å². The highest BCUT2D eigenvalue weighted by atomic mass is 31.2. The monoisotopic (exact) mass is 524 g/mol. The van der Waals surface area contributed by atoms with E-state index in [1.807, 2.05) is 74.5 Å². The molecule has 6 heteroatoms. The van der Waals surface area contributed by atoms with Gasteiger partial charge in [0.15, 0.2) is 14.1 Å². The van der Waals surface area contributed by atoms with Gasteiger partial charge in [0, 0.05) is 23.2 Å². The van der Waals surface area contributed by atoms with Crippen LogP contribution in [0.5, 0.6) is 0 Å². The Hall–Kier alpha value is -1.75. The molecule has 0 unspecified atom stereocenters. The van der Waals surface area contributed by atoms with E-state index >= 15 is 0 Å². The van der Waals surface area contributed by atoms with Crippen molar-refractivity contribution in [2.24, 2.45) is 0 Å².